The number of fused-ring (bicyclic) bond motifs is 1. The summed E-state index contributed by atoms with van der Waals surface area (Å²) >= 11 is 6.33. The molecule has 0 radical (unpaired) electrons. The molecule has 4 aromatic carbocycles. The molecule has 0 saturated carbocycles. The Kier molecular flexibility index (Phi) is 4.90. The Balaban J connectivity index is 1.73. The first-order valence-electron chi connectivity index (χ1n) is 8.73. The van der Waals surface area contributed by atoms with Crippen LogP contribution in [0.1, 0.15) is 17.2 Å². The summed E-state index contributed by atoms with van der Waals surface area (Å²) in [4.78, 5) is 0. The third-order valence-corrected chi connectivity index (χ3v) is 4.71. The molecule has 0 bridgehead atoms. The summed E-state index contributed by atoms with van der Waals surface area (Å²) in [5, 5.41) is 2.85. The predicted octanol–water partition coefficient (Wildman–Crippen LogP) is 6.86. The molecule has 0 aliphatic heterocycles. The standard InChI is InChI=1S/C24H19ClO/c25-21-16-20-13-7-8-14-22(20)24(17-21)26-23(19-11-5-2-6-12-19)15-18-9-3-1-4-10-18/h1-14,16-17,23H,15H2. The summed E-state index contributed by atoms with van der Waals surface area (Å²) < 4.78 is 6.51. The van der Waals surface area contributed by atoms with Crippen LogP contribution in [-0.4, -0.2) is 0 Å². The van der Waals surface area contributed by atoms with E-state index in [4.69, 9.17) is 16.3 Å². The van der Waals surface area contributed by atoms with Crippen molar-refractivity contribution < 1.29 is 4.74 Å². The molecule has 0 aliphatic carbocycles. The van der Waals surface area contributed by atoms with E-state index in [2.05, 4.69) is 48.5 Å². The number of halogens is 1. The summed E-state index contributed by atoms with van der Waals surface area (Å²) in [6.07, 6.45) is 0.714. The maximum atomic E-state index is 6.51. The van der Waals surface area contributed by atoms with Crippen LogP contribution >= 0.6 is 11.6 Å². The molecule has 4 aromatic rings. The molecule has 1 nitrogen and oxygen atoms in total. The average Bonchev–Trinajstić information content (AvgIpc) is 2.69. The highest BCUT2D eigenvalue weighted by molar-refractivity contribution is 6.31. The second-order valence-corrected chi connectivity index (χ2v) is 6.77. The lowest BCUT2D eigenvalue weighted by Crippen LogP contribution is -2.11. The van der Waals surface area contributed by atoms with Crippen LogP contribution in [0.5, 0.6) is 5.75 Å². The van der Waals surface area contributed by atoms with Gasteiger partial charge in [-0.25, -0.2) is 0 Å². The molecule has 1 atom stereocenters. The zero-order valence-corrected chi connectivity index (χ0v) is 15.1. The van der Waals surface area contributed by atoms with Gasteiger partial charge in [0, 0.05) is 16.8 Å². The Morgan fingerprint density at radius 2 is 1.38 bits per heavy atom. The largest absolute Gasteiger partial charge is 0.485 e. The van der Waals surface area contributed by atoms with E-state index in [1.165, 1.54) is 5.56 Å². The summed E-state index contributed by atoms with van der Waals surface area (Å²) in [5.74, 6) is 0.817. The van der Waals surface area contributed by atoms with Gasteiger partial charge in [0.1, 0.15) is 11.9 Å². The Labute approximate surface area is 158 Å². The number of hydrogen-bond acceptors (Lipinski definition) is 1. The van der Waals surface area contributed by atoms with E-state index in [1.54, 1.807) is 0 Å². The quantitative estimate of drug-likeness (QED) is 0.379. The Hall–Kier alpha value is -2.77. The maximum Gasteiger partial charge on any atom is 0.129 e. The van der Waals surface area contributed by atoms with Crippen LogP contribution in [-0.2, 0) is 6.42 Å². The molecular weight excluding hydrogens is 340 g/mol. The van der Waals surface area contributed by atoms with Crippen LogP contribution < -0.4 is 4.74 Å². The van der Waals surface area contributed by atoms with Gasteiger partial charge in [-0.2, -0.15) is 0 Å². The van der Waals surface area contributed by atoms with Crippen LogP contribution in [0.2, 0.25) is 5.02 Å². The van der Waals surface area contributed by atoms with Gasteiger partial charge >= 0.3 is 0 Å². The fourth-order valence-corrected chi connectivity index (χ4v) is 3.43. The molecule has 4 rings (SSSR count). The van der Waals surface area contributed by atoms with Gasteiger partial charge in [-0.3, -0.25) is 0 Å². The van der Waals surface area contributed by atoms with E-state index >= 15 is 0 Å². The Morgan fingerprint density at radius 3 is 2.15 bits per heavy atom. The van der Waals surface area contributed by atoms with Gasteiger partial charge in [-0.05, 0) is 28.6 Å². The minimum Gasteiger partial charge on any atom is -0.485 e. The number of rotatable bonds is 5. The molecule has 0 spiro atoms. The lowest BCUT2D eigenvalue weighted by Gasteiger charge is -2.21. The van der Waals surface area contributed by atoms with Gasteiger partial charge in [-0.1, -0.05) is 96.5 Å². The third-order valence-electron chi connectivity index (χ3n) is 4.49. The fraction of sp³-hybridized carbons (Fsp3) is 0.0833. The molecule has 0 saturated heterocycles. The lowest BCUT2D eigenvalue weighted by molar-refractivity contribution is 0.209. The van der Waals surface area contributed by atoms with Crippen molar-refractivity contribution in [3.63, 3.8) is 0 Å². The predicted molar refractivity (Wildman–Crippen MR) is 109 cm³/mol. The zero-order chi connectivity index (χ0) is 17.8. The van der Waals surface area contributed by atoms with Crippen LogP contribution in [0, 0.1) is 0 Å². The highest BCUT2D eigenvalue weighted by Gasteiger charge is 2.16. The van der Waals surface area contributed by atoms with E-state index in [1.807, 2.05) is 48.5 Å². The maximum absolute atomic E-state index is 6.51. The third kappa shape index (κ3) is 3.74. The van der Waals surface area contributed by atoms with Crippen LogP contribution in [0.15, 0.2) is 97.1 Å². The van der Waals surface area contributed by atoms with Crippen molar-refractivity contribution in [2.75, 3.05) is 0 Å². The molecule has 0 fully saturated rings. The topological polar surface area (TPSA) is 9.23 Å². The smallest absolute Gasteiger partial charge is 0.129 e. The van der Waals surface area contributed by atoms with Crippen molar-refractivity contribution in [2.24, 2.45) is 0 Å². The molecule has 0 heterocycles. The number of ether oxygens (including phenoxy) is 1. The first-order chi connectivity index (χ1) is 12.8. The number of benzene rings is 4. The van der Waals surface area contributed by atoms with Gasteiger partial charge in [0.15, 0.2) is 0 Å². The summed E-state index contributed by atoms with van der Waals surface area (Å²) in [5.41, 5.74) is 2.40. The average molecular weight is 359 g/mol. The van der Waals surface area contributed by atoms with Crippen molar-refractivity contribution in [1.29, 1.82) is 0 Å². The molecule has 1 unspecified atom stereocenters. The van der Waals surface area contributed by atoms with Crippen LogP contribution in [0.4, 0.5) is 0 Å². The van der Waals surface area contributed by atoms with Crippen LogP contribution in [0.3, 0.4) is 0 Å². The molecular formula is C24H19ClO. The van der Waals surface area contributed by atoms with E-state index in [9.17, 15) is 0 Å². The molecule has 26 heavy (non-hydrogen) atoms. The minimum absolute atomic E-state index is 0.0829. The second-order valence-electron chi connectivity index (χ2n) is 6.33. The van der Waals surface area contributed by atoms with E-state index in [0.29, 0.717) is 5.02 Å². The van der Waals surface area contributed by atoms with Gasteiger partial charge in [0.25, 0.3) is 0 Å². The minimum atomic E-state index is -0.0829. The fourth-order valence-electron chi connectivity index (χ4n) is 3.21. The van der Waals surface area contributed by atoms with Gasteiger partial charge in [0.2, 0.25) is 0 Å². The second kappa shape index (κ2) is 7.63. The monoisotopic (exact) mass is 358 g/mol. The molecule has 0 aromatic heterocycles. The number of hydrogen-bond donors (Lipinski definition) is 0. The molecule has 0 aliphatic rings. The molecule has 0 amide bonds. The van der Waals surface area contributed by atoms with Crippen LogP contribution in [0.25, 0.3) is 10.8 Å². The first kappa shape index (κ1) is 16.7. The van der Waals surface area contributed by atoms with Crippen molar-refractivity contribution >= 4 is 22.4 Å². The van der Waals surface area contributed by atoms with Crippen molar-refractivity contribution in [3.8, 4) is 5.75 Å². The van der Waals surface area contributed by atoms with Gasteiger partial charge in [0.05, 0.1) is 0 Å². The SMILES string of the molecule is Clc1cc(OC(Cc2ccccc2)c2ccccc2)c2ccccc2c1. The molecule has 128 valence electrons. The highest BCUT2D eigenvalue weighted by Crippen LogP contribution is 2.34. The normalized spacial score (nSPS) is 12.0. The van der Waals surface area contributed by atoms with Crippen molar-refractivity contribution in [3.05, 3.63) is 113 Å². The van der Waals surface area contributed by atoms with Crippen molar-refractivity contribution in [1.82, 2.24) is 0 Å². The zero-order valence-electron chi connectivity index (χ0n) is 14.3. The van der Waals surface area contributed by atoms with E-state index in [-0.39, 0.29) is 6.10 Å². The highest BCUT2D eigenvalue weighted by atomic mass is 35.5. The molecule has 2 heteroatoms. The van der Waals surface area contributed by atoms with Crippen molar-refractivity contribution in [2.45, 2.75) is 12.5 Å². The summed E-state index contributed by atoms with van der Waals surface area (Å²) in [6, 6.07) is 32.8. The summed E-state index contributed by atoms with van der Waals surface area (Å²) in [6.45, 7) is 0. The van der Waals surface area contributed by atoms with Gasteiger partial charge in [-0.15, -0.1) is 0 Å². The Bertz CT molecular complexity index is 996. The van der Waals surface area contributed by atoms with E-state index < -0.39 is 0 Å². The summed E-state index contributed by atoms with van der Waals surface area (Å²) in [7, 11) is 0. The van der Waals surface area contributed by atoms with E-state index in [0.717, 1.165) is 28.5 Å². The molecule has 0 N–H and O–H groups in total. The van der Waals surface area contributed by atoms with Gasteiger partial charge < -0.3 is 4.74 Å². The first-order valence-corrected chi connectivity index (χ1v) is 9.11. The Morgan fingerprint density at radius 1 is 0.731 bits per heavy atom. The lowest BCUT2D eigenvalue weighted by atomic mass is 10.0.